The van der Waals surface area contributed by atoms with Crippen LogP contribution in [0.5, 0.6) is 0 Å². The molecule has 0 radical (unpaired) electrons. The number of rotatable bonds is 2. The lowest BCUT2D eigenvalue weighted by Gasteiger charge is -2.42. The summed E-state index contributed by atoms with van der Waals surface area (Å²) in [6.45, 7) is 3.69. The average molecular weight is 252 g/mol. The molecule has 3 aliphatic rings. The molecular formula is C13H20N2O3. The van der Waals surface area contributed by atoms with Gasteiger partial charge in [0.1, 0.15) is 6.04 Å². The highest BCUT2D eigenvalue weighted by Crippen LogP contribution is 2.35. The molecule has 2 amide bonds. The van der Waals surface area contributed by atoms with Gasteiger partial charge in [0.25, 0.3) is 0 Å². The van der Waals surface area contributed by atoms with Crippen LogP contribution in [0.15, 0.2) is 0 Å². The molecule has 3 fully saturated rings. The van der Waals surface area contributed by atoms with E-state index in [0.717, 1.165) is 19.3 Å². The smallest absolute Gasteiger partial charge is 0.246 e. The monoisotopic (exact) mass is 252 g/mol. The van der Waals surface area contributed by atoms with E-state index in [1.165, 1.54) is 0 Å². The van der Waals surface area contributed by atoms with Gasteiger partial charge in [-0.15, -0.1) is 0 Å². The Hall–Kier alpha value is -1.10. The molecule has 2 heterocycles. The van der Waals surface area contributed by atoms with E-state index >= 15 is 0 Å². The predicted molar refractivity (Wildman–Crippen MR) is 64.8 cm³/mol. The Kier molecular flexibility index (Phi) is 3.01. The van der Waals surface area contributed by atoms with E-state index < -0.39 is 0 Å². The fourth-order valence-electron chi connectivity index (χ4n) is 3.05. The van der Waals surface area contributed by atoms with Crippen molar-refractivity contribution in [2.75, 3.05) is 19.8 Å². The molecule has 3 atom stereocenters. The Morgan fingerprint density at radius 3 is 2.72 bits per heavy atom. The van der Waals surface area contributed by atoms with Gasteiger partial charge in [-0.3, -0.25) is 9.59 Å². The molecular weight excluding hydrogens is 232 g/mol. The molecule has 1 aliphatic carbocycles. The van der Waals surface area contributed by atoms with Crippen LogP contribution >= 0.6 is 0 Å². The number of nitrogens with zero attached hydrogens (tertiary/aromatic N) is 1. The molecule has 3 rings (SSSR count). The van der Waals surface area contributed by atoms with Crippen LogP contribution in [-0.4, -0.2) is 48.6 Å². The van der Waals surface area contributed by atoms with Crippen molar-refractivity contribution in [3.8, 4) is 0 Å². The highest BCUT2D eigenvalue weighted by molar-refractivity contribution is 5.95. The Morgan fingerprint density at radius 2 is 2.06 bits per heavy atom. The van der Waals surface area contributed by atoms with Crippen LogP contribution in [0.2, 0.25) is 0 Å². The molecule has 0 spiro atoms. The summed E-state index contributed by atoms with van der Waals surface area (Å²) in [7, 11) is 0. The molecule has 100 valence electrons. The van der Waals surface area contributed by atoms with E-state index in [2.05, 4.69) is 12.2 Å². The predicted octanol–water partition coefficient (Wildman–Crippen LogP) is 0.148. The minimum Gasteiger partial charge on any atom is -0.381 e. The van der Waals surface area contributed by atoms with E-state index in [9.17, 15) is 9.59 Å². The first-order valence-electron chi connectivity index (χ1n) is 6.84. The molecule has 3 unspecified atom stereocenters. The summed E-state index contributed by atoms with van der Waals surface area (Å²) in [5.74, 6) is 0.800. The van der Waals surface area contributed by atoms with Crippen molar-refractivity contribution >= 4 is 11.8 Å². The maximum absolute atomic E-state index is 12.5. The maximum Gasteiger partial charge on any atom is 0.246 e. The van der Waals surface area contributed by atoms with Gasteiger partial charge in [-0.1, -0.05) is 6.92 Å². The number of nitrogens with one attached hydrogen (secondary N) is 1. The number of piperazine rings is 1. The normalized spacial score (nSPS) is 37.6. The highest BCUT2D eigenvalue weighted by atomic mass is 16.5. The van der Waals surface area contributed by atoms with Crippen LogP contribution in [-0.2, 0) is 14.3 Å². The SMILES string of the molecule is CC1COCCC1N1CC(=O)NC(C2CC2)C1=O. The molecule has 0 bridgehead atoms. The van der Waals surface area contributed by atoms with Gasteiger partial charge in [0.05, 0.1) is 13.2 Å². The standard InChI is InChI=1S/C13H20N2O3/c1-8-7-18-5-4-10(8)15-6-11(16)14-12(13(15)17)9-2-3-9/h8-10,12H,2-7H2,1H3,(H,14,16). The van der Waals surface area contributed by atoms with Crippen molar-refractivity contribution < 1.29 is 14.3 Å². The molecule has 5 nitrogen and oxygen atoms in total. The lowest BCUT2D eigenvalue weighted by molar-refractivity contribution is -0.151. The second-order valence-electron chi connectivity index (χ2n) is 5.76. The van der Waals surface area contributed by atoms with Gasteiger partial charge in [0.2, 0.25) is 11.8 Å². The largest absolute Gasteiger partial charge is 0.381 e. The minimum atomic E-state index is -0.263. The first-order chi connectivity index (χ1) is 8.66. The van der Waals surface area contributed by atoms with Crippen LogP contribution < -0.4 is 5.32 Å². The topological polar surface area (TPSA) is 58.6 Å². The van der Waals surface area contributed by atoms with Crippen molar-refractivity contribution in [2.45, 2.75) is 38.3 Å². The lowest BCUT2D eigenvalue weighted by atomic mass is 9.94. The van der Waals surface area contributed by atoms with Crippen LogP contribution in [0.25, 0.3) is 0 Å². The zero-order valence-electron chi connectivity index (χ0n) is 10.7. The lowest BCUT2D eigenvalue weighted by Crippen LogP contribution is -2.63. The van der Waals surface area contributed by atoms with E-state index in [4.69, 9.17) is 4.74 Å². The number of hydrogen-bond donors (Lipinski definition) is 1. The van der Waals surface area contributed by atoms with Crippen LogP contribution in [0.1, 0.15) is 26.2 Å². The zero-order chi connectivity index (χ0) is 12.7. The van der Waals surface area contributed by atoms with Crippen LogP contribution in [0, 0.1) is 11.8 Å². The van der Waals surface area contributed by atoms with Gasteiger partial charge in [-0.2, -0.15) is 0 Å². The third kappa shape index (κ3) is 2.11. The third-order valence-corrected chi connectivity index (χ3v) is 4.27. The van der Waals surface area contributed by atoms with Gasteiger partial charge in [-0.25, -0.2) is 0 Å². The zero-order valence-corrected chi connectivity index (χ0v) is 10.7. The molecule has 18 heavy (non-hydrogen) atoms. The van der Waals surface area contributed by atoms with E-state index in [0.29, 0.717) is 25.0 Å². The van der Waals surface area contributed by atoms with Crippen LogP contribution in [0.4, 0.5) is 0 Å². The number of amides is 2. The van der Waals surface area contributed by atoms with Crippen LogP contribution in [0.3, 0.4) is 0 Å². The van der Waals surface area contributed by atoms with E-state index in [1.54, 1.807) is 4.90 Å². The summed E-state index contributed by atoms with van der Waals surface area (Å²) < 4.78 is 5.41. The van der Waals surface area contributed by atoms with Gasteiger partial charge in [0.15, 0.2) is 0 Å². The first kappa shape index (κ1) is 12.0. The summed E-state index contributed by atoms with van der Waals surface area (Å²) in [4.78, 5) is 26.0. The third-order valence-electron chi connectivity index (χ3n) is 4.27. The molecule has 1 N–H and O–H groups in total. The fraction of sp³-hybridized carbons (Fsp3) is 0.846. The molecule has 0 aromatic heterocycles. The molecule has 1 saturated carbocycles. The average Bonchev–Trinajstić information content (AvgIpc) is 3.17. The van der Waals surface area contributed by atoms with Crippen molar-refractivity contribution in [1.29, 1.82) is 0 Å². The van der Waals surface area contributed by atoms with Gasteiger partial charge < -0.3 is 15.0 Å². The number of ether oxygens (including phenoxy) is 1. The Bertz CT molecular complexity index is 367. The van der Waals surface area contributed by atoms with Crippen molar-refractivity contribution in [2.24, 2.45) is 11.8 Å². The summed E-state index contributed by atoms with van der Waals surface area (Å²) in [5.41, 5.74) is 0. The number of carbonyl (C=O) groups is 2. The quantitative estimate of drug-likeness (QED) is 0.761. The molecule has 2 aliphatic heterocycles. The Balaban J connectivity index is 1.76. The molecule has 2 saturated heterocycles. The minimum absolute atomic E-state index is 0.00908. The molecule has 0 aromatic carbocycles. The summed E-state index contributed by atoms with van der Waals surface area (Å²) >= 11 is 0. The Labute approximate surface area is 107 Å². The second-order valence-corrected chi connectivity index (χ2v) is 5.76. The van der Waals surface area contributed by atoms with Gasteiger partial charge in [-0.05, 0) is 25.2 Å². The second kappa shape index (κ2) is 4.53. The van der Waals surface area contributed by atoms with Crippen molar-refractivity contribution in [3.05, 3.63) is 0 Å². The Morgan fingerprint density at radius 1 is 1.28 bits per heavy atom. The van der Waals surface area contributed by atoms with Gasteiger partial charge >= 0.3 is 0 Å². The fourth-order valence-corrected chi connectivity index (χ4v) is 3.05. The van der Waals surface area contributed by atoms with E-state index in [1.807, 2.05) is 0 Å². The van der Waals surface area contributed by atoms with Gasteiger partial charge in [0, 0.05) is 18.6 Å². The first-order valence-corrected chi connectivity index (χ1v) is 6.84. The summed E-state index contributed by atoms with van der Waals surface area (Å²) in [6.07, 6.45) is 2.97. The van der Waals surface area contributed by atoms with E-state index in [-0.39, 0.29) is 30.4 Å². The van der Waals surface area contributed by atoms with Crippen molar-refractivity contribution in [1.82, 2.24) is 10.2 Å². The number of carbonyl (C=O) groups excluding carboxylic acids is 2. The maximum atomic E-state index is 12.5. The number of hydrogen-bond acceptors (Lipinski definition) is 3. The van der Waals surface area contributed by atoms with Crippen molar-refractivity contribution in [3.63, 3.8) is 0 Å². The highest BCUT2D eigenvalue weighted by Gasteiger charge is 2.45. The summed E-state index contributed by atoms with van der Waals surface area (Å²) in [6, 6.07) is -0.0974. The summed E-state index contributed by atoms with van der Waals surface area (Å²) in [5, 5.41) is 2.85. The molecule has 5 heteroatoms. The molecule has 0 aromatic rings.